The normalized spacial score (nSPS) is 26.4. The van der Waals surface area contributed by atoms with E-state index in [1.54, 1.807) is 18.7 Å². The molecule has 1 N–H and O–H groups in total. The lowest BCUT2D eigenvalue weighted by Gasteiger charge is -2.18. The van der Waals surface area contributed by atoms with Crippen molar-refractivity contribution in [1.82, 2.24) is 9.88 Å². The Morgan fingerprint density at radius 2 is 2.29 bits per heavy atom. The highest BCUT2D eigenvalue weighted by molar-refractivity contribution is 5.90. The maximum atomic E-state index is 12.3. The molecule has 6 heteroatoms. The monoisotopic (exact) mass is 327 g/mol. The maximum Gasteiger partial charge on any atom is 0.224 e. The van der Waals surface area contributed by atoms with Gasteiger partial charge in [0.2, 0.25) is 5.91 Å². The summed E-state index contributed by atoms with van der Waals surface area (Å²) in [6.45, 7) is 3.34. The predicted molar refractivity (Wildman–Crippen MR) is 88.2 cm³/mol. The lowest BCUT2D eigenvalue weighted by atomic mass is 9.90. The Balaban J connectivity index is 1.31. The van der Waals surface area contributed by atoms with Gasteiger partial charge in [-0.2, -0.15) is 0 Å². The first-order chi connectivity index (χ1) is 11.8. The second kappa shape index (κ2) is 6.75. The number of rotatable bonds is 5. The Labute approximate surface area is 140 Å². The number of carbonyl (C=O) groups is 1. The van der Waals surface area contributed by atoms with E-state index in [0.717, 1.165) is 31.1 Å². The second-order valence-electron chi connectivity index (χ2n) is 6.56. The minimum absolute atomic E-state index is 0.0294. The molecule has 0 radical (unpaired) electrons. The highest BCUT2D eigenvalue weighted by Crippen LogP contribution is 2.36. The summed E-state index contributed by atoms with van der Waals surface area (Å²) in [7, 11) is 0. The van der Waals surface area contributed by atoms with Gasteiger partial charge in [-0.15, -0.1) is 0 Å². The third-order valence-electron chi connectivity index (χ3n) is 4.87. The average Bonchev–Trinajstić information content (AvgIpc) is 3.28. The molecule has 0 aromatic carbocycles. The van der Waals surface area contributed by atoms with Crippen LogP contribution in [-0.2, 0) is 16.1 Å². The number of likely N-dealkylation sites (tertiary alicyclic amines) is 1. The first-order valence-corrected chi connectivity index (χ1v) is 8.34. The van der Waals surface area contributed by atoms with Crippen LogP contribution in [-0.4, -0.2) is 41.6 Å². The molecule has 2 aromatic rings. The van der Waals surface area contributed by atoms with Gasteiger partial charge < -0.3 is 14.5 Å². The fourth-order valence-corrected chi connectivity index (χ4v) is 3.73. The maximum absolute atomic E-state index is 12.3. The minimum atomic E-state index is 0.0294. The summed E-state index contributed by atoms with van der Waals surface area (Å²) >= 11 is 0. The lowest BCUT2D eigenvalue weighted by molar-refractivity contribution is -0.117. The van der Waals surface area contributed by atoms with Gasteiger partial charge in [-0.25, -0.2) is 0 Å². The molecule has 4 heterocycles. The van der Waals surface area contributed by atoms with Crippen molar-refractivity contribution in [2.75, 3.05) is 25.0 Å². The van der Waals surface area contributed by atoms with E-state index in [1.165, 1.54) is 0 Å². The first-order valence-electron chi connectivity index (χ1n) is 8.34. The van der Waals surface area contributed by atoms with Gasteiger partial charge in [0.25, 0.3) is 0 Å². The molecule has 24 heavy (non-hydrogen) atoms. The Kier molecular flexibility index (Phi) is 4.32. The Morgan fingerprint density at radius 3 is 3.08 bits per heavy atom. The van der Waals surface area contributed by atoms with Crippen molar-refractivity contribution in [3.63, 3.8) is 0 Å². The SMILES string of the molecule is O=C(C[C@H]1CO[C@@H]2CN(Cc3ccco3)C[C@H]12)Nc1cccnc1. The fraction of sp³-hybridized carbons (Fsp3) is 0.444. The summed E-state index contributed by atoms with van der Waals surface area (Å²) in [5.74, 6) is 1.69. The van der Waals surface area contributed by atoms with E-state index in [9.17, 15) is 4.79 Å². The van der Waals surface area contributed by atoms with Crippen LogP contribution in [0.15, 0.2) is 47.3 Å². The van der Waals surface area contributed by atoms with E-state index in [4.69, 9.17) is 9.15 Å². The zero-order valence-corrected chi connectivity index (χ0v) is 13.4. The number of aromatic nitrogens is 1. The van der Waals surface area contributed by atoms with Gasteiger partial charge in [0, 0.05) is 31.6 Å². The van der Waals surface area contributed by atoms with Crippen LogP contribution >= 0.6 is 0 Å². The number of carbonyl (C=O) groups excluding carboxylic acids is 1. The van der Waals surface area contributed by atoms with Crippen molar-refractivity contribution < 1.29 is 13.9 Å². The number of pyridine rings is 1. The zero-order chi connectivity index (χ0) is 16.4. The van der Waals surface area contributed by atoms with Gasteiger partial charge >= 0.3 is 0 Å². The summed E-state index contributed by atoms with van der Waals surface area (Å²) in [6, 6.07) is 7.56. The third-order valence-corrected chi connectivity index (χ3v) is 4.87. The predicted octanol–water partition coefficient (Wildman–Crippen LogP) is 2.15. The summed E-state index contributed by atoms with van der Waals surface area (Å²) in [6.07, 6.45) is 5.78. The molecule has 2 aromatic heterocycles. The van der Waals surface area contributed by atoms with E-state index in [1.807, 2.05) is 24.3 Å². The quantitative estimate of drug-likeness (QED) is 0.911. The number of ether oxygens (including phenoxy) is 1. The molecule has 6 nitrogen and oxygen atoms in total. The summed E-state index contributed by atoms with van der Waals surface area (Å²) in [5, 5.41) is 2.91. The summed E-state index contributed by atoms with van der Waals surface area (Å²) in [5.41, 5.74) is 0.740. The lowest BCUT2D eigenvalue weighted by Crippen LogP contribution is -2.26. The Bertz CT molecular complexity index is 674. The Hall–Kier alpha value is -2.18. The fourth-order valence-electron chi connectivity index (χ4n) is 3.73. The number of anilines is 1. The van der Waals surface area contributed by atoms with Crippen LogP contribution < -0.4 is 5.32 Å². The molecule has 3 atom stereocenters. The van der Waals surface area contributed by atoms with Crippen molar-refractivity contribution in [3.05, 3.63) is 48.7 Å². The number of nitrogens with zero attached hydrogens (tertiary/aromatic N) is 2. The average molecular weight is 327 g/mol. The van der Waals surface area contributed by atoms with Crippen LogP contribution in [0, 0.1) is 11.8 Å². The molecular formula is C18H21N3O3. The van der Waals surface area contributed by atoms with Gasteiger partial charge in [0.1, 0.15) is 5.76 Å². The van der Waals surface area contributed by atoms with Crippen LogP contribution in [0.2, 0.25) is 0 Å². The highest BCUT2D eigenvalue weighted by atomic mass is 16.5. The van der Waals surface area contributed by atoms with Crippen LogP contribution in [0.4, 0.5) is 5.69 Å². The highest BCUT2D eigenvalue weighted by Gasteiger charge is 2.44. The van der Waals surface area contributed by atoms with Crippen molar-refractivity contribution in [1.29, 1.82) is 0 Å². The van der Waals surface area contributed by atoms with E-state index in [2.05, 4.69) is 15.2 Å². The molecule has 0 spiro atoms. The number of hydrogen-bond acceptors (Lipinski definition) is 5. The second-order valence-corrected chi connectivity index (χ2v) is 6.56. The van der Waals surface area contributed by atoms with E-state index in [-0.39, 0.29) is 17.9 Å². The largest absolute Gasteiger partial charge is 0.468 e. The Morgan fingerprint density at radius 1 is 1.33 bits per heavy atom. The van der Waals surface area contributed by atoms with E-state index in [0.29, 0.717) is 18.9 Å². The standard InChI is InChI=1S/C18H21N3O3/c22-18(20-14-3-1-5-19-8-14)7-13-12-24-17-11-21(10-16(13)17)9-15-4-2-6-23-15/h1-6,8,13,16-17H,7,9-12H2,(H,20,22)/t13-,16+,17+/m0/s1. The number of nitrogens with one attached hydrogen (secondary N) is 1. The van der Waals surface area contributed by atoms with Gasteiger partial charge in [0.15, 0.2) is 0 Å². The molecule has 2 aliphatic rings. The molecule has 2 fully saturated rings. The molecule has 2 aliphatic heterocycles. The number of fused-ring (bicyclic) bond motifs is 1. The number of furan rings is 1. The molecule has 126 valence electrons. The van der Waals surface area contributed by atoms with Gasteiger partial charge in [-0.1, -0.05) is 0 Å². The molecule has 1 amide bonds. The number of amides is 1. The third kappa shape index (κ3) is 3.34. The molecule has 0 aliphatic carbocycles. The van der Waals surface area contributed by atoms with Crippen molar-refractivity contribution in [2.45, 2.75) is 19.1 Å². The molecule has 0 saturated carbocycles. The van der Waals surface area contributed by atoms with Crippen LogP contribution in [0.25, 0.3) is 0 Å². The number of hydrogen-bond donors (Lipinski definition) is 1. The van der Waals surface area contributed by atoms with Gasteiger partial charge in [-0.3, -0.25) is 14.7 Å². The minimum Gasteiger partial charge on any atom is -0.468 e. The van der Waals surface area contributed by atoms with E-state index < -0.39 is 0 Å². The summed E-state index contributed by atoms with van der Waals surface area (Å²) < 4.78 is 11.3. The molecule has 2 saturated heterocycles. The van der Waals surface area contributed by atoms with Gasteiger partial charge in [0.05, 0.1) is 37.4 Å². The zero-order valence-electron chi connectivity index (χ0n) is 13.4. The molecule has 4 rings (SSSR count). The van der Waals surface area contributed by atoms with Crippen molar-refractivity contribution in [3.8, 4) is 0 Å². The topological polar surface area (TPSA) is 67.6 Å². The van der Waals surface area contributed by atoms with E-state index >= 15 is 0 Å². The van der Waals surface area contributed by atoms with Gasteiger partial charge in [-0.05, 0) is 30.2 Å². The smallest absolute Gasteiger partial charge is 0.224 e. The molecule has 0 bridgehead atoms. The molecule has 0 unspecified atom stereocenters. The van der Waals surface area contributed by atoms with Crippen LogP contribution in [0.3, 0.4) is 0 Å². The van der Waals surface area contributed by atoms with Crippen LogP contribution in [0.5, 0.6) is 0 Å². The van der Waals surface area contributed by atoms with Crippen molar-refractivity contribution >= 4 is 11.6 Å². The summed E-state index contributed by atoms with van der Waals surface area (Å²) in [4.78, 5) is 18.6. The van der Waals surface area contributed by atoms with Crippen molar-refractivity contribution in [2.24, 2.45) is 11.8 Å². The first kappa shape index (κ1) is 15.4. The molecular weight excluding hydrogens is 306 g/mol. The van der Waals surface area contributed by atoms with Crippen LogP contribution in [0.1, 0.15) is 12.2 Å².